The molecule has 240 valence electrons. The Morgan fingerprint density at radius 1 is 1.13 bits per heavy atom. The predicted octanol–water partition coefficient (Wildman–Crippen LogP) is 6.35. The van der Waals surface area contributed by atoms with Gasteiger partial charge in [-0.3, -0.25) is 9.69 Å². The first-order valence-electron chi connectivity index (χ1n) is 16.3. The molecular weight excluding hydrogens is 595 g/mol. The van der Waals surface area contributed by atoms with E-state index in [1.807, 2.05) is 49.3 Å². The van der Waals surface area contributed by atoms with E-state index in [0.717, 1.165) is 60.2 Å². The number of anilines is 1. The second-order valence-electron chi connectivity index (χ2n) is 14.2. The quantitative estimate of drug-likeness (QED) is 0.310. The van der Waals surface area contributed by atoms with Crippen LogP contribution in [-0.4, -0.2) is 86.4 Å². The molecule has 0 bridgehead atoms. The van der Waals surface area contributed by atoms with E-state index < -0.39 is 17.2 Å². The van der Waals surface area contributed by atoms with Gasteiger partial charge in [-0.2, -0.15) is 0 Å². The Bertz CT molecular complexity index is 1640. The van der Waals surface area contributed by atoms with Gasteiger partial charge in [0.05, 0.1) is 23.0 Å². The van der Waals surface area contributed by atoms with Crippen LogP contribution in [0.3, 0.4) is 0 Å². The molecule has 1 saturated carbocycles. The van der Waals surface area contributed by atoms with Crippen molar-refractivity contribution >= 4 is 40.3 Å². The average Bonchev–Trinajstić information content (AvgIpc) is 3.49. The Morgan fingerprint density at radius 2 is 1.89 bits per heavy atom. The van der Waals surface area contributed by atoms with Gasteiger partial charge in [-0.1, -0.05) is 23.7 Å². The number of benzene rings is 1. The van der Waals surface area contributed by atoms with Crippen molar-refractivity contribution in [3.05, 3.63) is 41.3 Å². The molecular formula is C34H42ClFN6O3. The summed E-state index contributed by atoms with van der Waals surface area (Å²) >= 11 is 6.67. The van der Waals surface area contributed by atoms with Gasteiger partial charge in [-0.25, -0.2) is 19.2 Å². The molecule has 11 heteroatoms. The maximum atomic E-state index is 14.6. The zero-order chi connectivity index (χ0) is 31.7. The molecule has 1 aromatic carbocycles. The van der Waals surface area contributed by atoms with Crippen LogP contribution in [-0.2, 0) is 21.5 Å². The molecule has 2 amide bonds. The van der Waals surface area contributed by atoms with Crippen LogP contribution in [0.25, 0.3) is 22.3 Å². The van der Waals surface area contributed by atoms with Gasteiger partial charge in [0.25, 0.3) is 0 Å². The Hall–Kier alpha value is -3.24. The van der Waals surface area contributed by atoms with E-state index in [-0.39, 0.29) is 24.1 Å². The van der Waals surface area contributed by atoms with Crippen LogP contribution in [0.2, 0.25) is 5.15 Å². The number of halogens is 2. The minimum absolute atomic E-state index is 0.0408. The van der Waals surface area contributed by atoms with E-state index in [1.165, 1.54) is 0 Å². The van der Waals surface area contributed by atoms with Crippen molar-refractivity contribution in [1.29, 1.82) is 0 Å². The highest BCUT2D eigenvalue weighted by Gasteiger charge is 2.56. The number of alkyl halides is 1. The summed E-state index contributed by atoms with van der Waals surface area (Å²) in [6.45, 7) is 10.7. The SMILES string of the molecule is CCn1cnc2cc(-c3ccc4c(c3)N([C@H]3C[C@@H](N5CCC[C@@H](F)C5)C3)C(=O)C43CCN(C(=O)OC(C)(C)C)CC3)nc(Cl)c21. The summed E-state index contributed by atoms with van der Waals surface area (Å²) in [7, 11) is 0. The summed E-state index contributed by atoms with van der Waals surface area (Å²) in [5, 5.41) is 0.399. The smallest absolute Gasteiger partial charge is 0.410 e. The zero-order valence-electron chi connectivity index (χ0n) is 26.6. The molecule has 45 heavy (non-hydrogen) atoms. The number of aromatic nitrogens is 3. The Morgan fingerprint density at radius 3 is 2.58 bits per heavy atom. The molecule has 1 aliphatic carbocycles. The standard InChI is InChI=1S/C34H42ClFN6O3/c1-5-39-20-37-27-18-26(38-30(35)29(27)39)21-8-9-25-28(15-21)42(24-16-23(17-24)41-12-6-7-22(36)19-41)31(43)34(25)10-13-40(14-11-34)32(44)45-33(2,3)4/h8-9,15,18,20,22-24H,5-7,10-14,16-17,19H2,1-4H3/t22-,23-,24+/m1/s1. The van der Waals surface area contributed by atoms with Crippen molar-refractivity contribution in [2.24, 2.45) is 0 Å². The van der Waals surface area contributed by atoms with Gasteiger partial charge < -0.3 is 19.1 Å². The Labute approximate surface area is 268 Å². The van der Waals surface area contributed by atoms with Crippen LogP contribution in [0, 0.1) is 0 Å². The van der Waals surface area contributed by atoms with Crippen LogP contribution >= 0.6 is 11.6 Å². The van der Waals surface area contributed by atoms with Crippen LogP contribution in [0.5, 0.6) is 0 Å². The number of fused-ring (bicyclic) bond motifs is 3. The highest BCUT2D eigenvalue weighted by Crippen LogP contribution is 2.52. The van der Waals surface area contributed by atoms with E-state index in [0.29, 0.717) is 49.7 Å². The number of ether oxygens (including phenoxy) is 1. The number of amides is 2. The molecule has 4 aliphatic rings. The minimum atomic E-state index is -0.770. The van der Waals surface area contributed by atoms with E-state index in [4.69, 9.17) is 21.3 Å². The number of nitrogens with zero attached hydrogens (tertiary/aromatic N) is 6. The first-order valence-corrected chi connectivity index (χ1v) is 16.7. The van der Waals surface area contributed by atoms with Crippen molar-refractivity contribution in [2.45, 2.75) is 102 Å². The molecule has 5 heterocycles. The molecule has 0 N–H and O–H groups in total. The summed E-state index contributed by atoms with van der Waals surface area (Å²) in [6, 6.07) is 8.46. The van der Waals surface area contributed by atoms with Crippen LogP contribution in [0.15, 0.2) is 30.6 Å². The van der Waals surface area contributed by atoms with E-state index >= 15 is 0 Å². The van der Waals surface area contributed by atoms with Gasteiger partial charge in [-0.05, 0) is 90.5 Å². The van der Waals surface area contributed by atoms with Gasteiger partial charge in [0.2, 0.25) is 5.91 Å². The lowest BCUT2D eigenvalue weighted by molar-refractivity contribution is -0.126. The molecule has 9 nitrogen and oxygen atoms in total. The lowest BCUT2D eigenvalue weighted by Crippen LogP contribution is -2.59. The summed E-state index contributed by atoms with van der Waals surface area (Å²) in [5.41, 5.74) is 3.79. The maximum Gasteiger partial charge on any atom is 0.410 e. The molecule has 1 spiro atoms. The molecule has 2 saturated heterocycles. The third-order valence-corrected chi connectivity index (χ3v) is 10.5. The first kappa shape index (κ1) is 30.4. The number of aryl methyl sites for hydroxylation is 1. The number of piperidine rings is 2. The third-order valence-electron chi connectivity index (χ3n) is 10.2. The highest BCUT2D eigenvalue weighted by molar-refractivity contribution is 6.34. The van der Waals surface area contributed by atoms with Crippen molar-refractivity contribution in [3.63, 3.8) is 0 Å². The lowest BCUT2D eigenvalue weighted by atomic mass is 9.73. The fourth-order valence-electron chi connectivity index (χ4n) is 7.78. The van der Waals surface area contributed by atoms with Crippen LogP contribution in [0.1, 0.15) is 71.8 Å². The Kier molecular flexibility index (Phi) is 7.59. The maximum absolute atomic E-state index is 14.6. The molecule has 0 radical (unpaired) electrons. The number of likely N-dealkylation sites (tertiary alicyclic amines) is 2. The fraction of sp³-hybridized carbons (Fsp3) is 0.588. The van der Waals surface area contributed by atoms with Gasteiger partial charge in [0.1, 0.15) is 17.3 Å². The number of hydrogen-bond acceptors (Lipinski definition) is 6. The second kappa shape index (κ2) is 11.2. The van der Waals surface area contributed by atoms with E-state index in [9.17, 15) is 14.0 Å². The largest absolute Gasteiger partial charge is 0.444 e. The second-order valence-corrected chi connectivity index (χ2v) is 14.5. The molecule has 3 aromatic rings. The first-order chi connectivity index (χ1) is 21.5. The summed E-state index contributed by atoms with van der Waals surface area (Å²) in [6.07, 6.45) is 4.90. The highest BCUT2D eigenvalue weighted by atomic mass is 35.5. The lowest BCUT2D eigenvalue weighted by Gasteiger charge is -2.48. The fourth-order valence-corrected chi connectivity index (χ4v) is 8.08. The van der Waals surface area contributed by atoms with E-state index in [2.05, 4.69) is 22.0 Å². The van der Waals surface area contributed by atoms with Crippen molar-refractivity contribution in [3.8, 4) is 11.3 Å². The van der Waals surface area contributed by atoms with Gasteiger partial charge in [-0.15, -0.1) is 0 Å². The minimum Gasteiger partial charge on any atom is -0.444 e. The number of carbonyl (C=O) groups excluding carboxylic acids is 2. The molecule has 3 aliphatic heterocycles. The van der Waals surface area contributed by atoms with E-state index in [1.54, 1.807) is 11.2 Å². The third kappa shape index (κ3) is 5.27. The number of pyridine rings is 1. The molecule has 1 atom stereocenters. The summed E-state index contributed by atoms with van der Waals surface area (Å²) < 4.78 is 21.8. The monoisotopic (exact) mass is 636 g/mol. The topological polar surface area (TPSA) is 83.8 Å². The number of rotatable bonds is 4. The van der Waals surface area contributed by atoms with Crippen LogP contribution in [0.4, 0.5) is 14.9 Å². The molecule has 7 rings (SSSR count). The zero-order valence-corrected chi connectivity index (χ0v) is 27.3. The van der Waals surface area contributed by atoms with Crippen molar-refractivity contribution in [1.82, 2.24) is 24.3 Å². The van der Waals surface area contributed by atoms with Crippen molar-refractivity contribution in [2.75, 3.05) is 31.1 Å². The van der Waals surface area contributed by atoms with Crippen molar-refractivity contribution < 1.29 is 18.7 Å². The normalized spacial score (nSPS) is 25.1. The average molecular weight is 637 g/mol. The summed E-state index contributed by atoms with van der Waals surface area (Å²) in [4.78, 5) is 42.8. The molecule has 2 aromatic heterocycles. The predicted molar refractivity (Wildman–Crippen MR) is 172 cm³/mol. The van der Waals surface area contributed by atoms with Gasteiger partial charge in [0, 0.05) is 49.5 Å². The molecule has 3 fully saturated rings. The number of carbonyl (C=O) groups is 2. The Balaban J connectivity index is 1.21. The summed E-state index contributed by atoms with van der Waals surface area (Å²) in [5.74, 6) is 0.104. The van der Waals surface area contributed by atoms with Crippen LogP contribution < -0.4 is 4.90 Å². The van der Waals surface area contributed by atoms with Gasteiger partial charge >= 0.3 is 6.09 Å². The number of imidazole rings is 1. The number of hydrogen-bond donors (Lipinski definition) is 0. The van der Waals surface area contributed by atoms with Gasteiger partial charge in [0.15, 0.2) is 5.15 Å². The molecule has 0 unspecified atom stereocenters.